The molecule has 1 aliphatic heterocycles. The third kappa shape index (κ3) is 4.53. The first kappa shape index (κ1) is 16.5. The van der Waals surface area contributed by atoms with Crippen LogP contribution in [0.1, 0.15) is 32.5 Å². The van der Waals surface area contributed by atoms with E-state index < -0.39 is 0 Å². The Kier molecular flexibility index (Phi) is 6.21. The van der Waals surface area contributed by atoms with Crippen LogP contribution in [-0.4, -0.2) is 54.2 Å². The molecule has 1 saturated heterocycles. The van der Waals surface area contributed by atoms with E-state index in [0.717, 1.165) is 18.9 Å². The summed E-state index contributed by atoms with van der Waals surface area (Å²) in [5.41, 5.74) is 0. The minimum Gasteiger partial charge on any atom is -0.374 e. The Morgan fingerprint density at radius 1 is 1.43 bits per heavy atom. The molecular weight excluding hydrogens is 288 g/mol. The molecule has 0 spiro atoms. The normalized spacial score (nSPS) is 19.1. The quantitative estimate of drug-likeness (QED) is 0.724. The smallest absolute Gasteiger partial charge is 0.158 e. The lowest BCUT2D eigenvalue weighted by Crippen LogP contribution is -2.39. The Morgan fingerprint density at radius 3 is 2.95 bits per heavy atom. The molecule has 2 rings (SSSR count). The monoisotopic (exact) mass is 312 g/mol. The second kappa shape index (κ2) is 7.92. The summed E-state index contributed by atoms with van der Waals surface area (Å²) in [4.78, 5) is 13.5. The van der Waals surface area contributed by atoms with E-state index in [2.05, 4.69) is 33.7 Å². The van der Waals surface area contributed by atoms with Gasteiger partial charge < -0.3 is 9.64 Å². The number of anilines is 1. The Bertz CT molecular complexity index is 457. The fraction of sp³-hybridized carbons (Fsp3) is 0.733. The van der Waals surface area contributed by atoms with Crippen LogP contribution in [0.15, 0.2) is 6.07 Å². The minimum absolute atomic E-state index is 0.405. The SMILES string of the molecule is CCOCc1nc(Cl)cc(N(C)CC2CCCN2CC)n1. The van der Waals surface area contributed by atoms with E-state index in [1.165, 1.54) is 19.4 Å². The van der Waals surface area contributed by atoms with E-state index in [4.69, 9.17) is 16.3 Å². The van der Waals surface area contributed by atoms with Crippen molar-refractivity contribution in [2.75, 3.05) is 38.2 Å². The Labute approximate surface area is 132 Å². The number of ether oxygens (including phenoxy) is 1. The molecule has 0 aromatic carbocycles. The molecule has 1 aromatic rings. The molecule has 0 amide bonds. The van der Waals surface area contributed by atoms with Crippen molar-refractivity contribution in [2.45, 2.75) is 39.3 Å². The lowest BCUT2D eigenvalue weighted by Gasteiger charge is -2.28. The number of hydrogen-bond donors (Lipinski definition) is 0. The van der Waals surface area contributed by atoms with Gasteiger partial charge in [0.15, 0.2) is 5.82 Å². The molecule has 0 aliphatic carbocycles. The lowest BCUT2D eigenvalue weighted by atomic mass is 10.2. The molecular formula is C15H25ClN4O. The van der Waals surface area contributed by atoms with Crippen LogP contribution in [0.25, 0.3) is 0 Å². The van der Waals surface area contributed by atoms with Gasteiger partial charge in [-0.1, -0.05) is 18.5 Å². The molecule has 5 nitrogen and oxygen atoms in total. The largest absolute Gasteiger partial charge is 0.374 e. The predicted octanol–water partition coefficient (Wildman–Crippen LogP) is 2.59. The van der Waals surface area contributed by atoms with Crippen LogP contribution in [0.2, 0.25) is 5.15 Å². The maximum Gasteiger partial charge on any atom is 0.158 e. The first-order valence-electron chi connectivity index (χ1n) is 7.70. The highest BCUT2D eigenvalue weighted by atomic mass is 35.5. The fourth-order valence-electron chi connectivity index (χ4n) is 2.83. The van der Waals surface area contributed by atoms with E-state index in [9.17, 15) is 0 Å². The summed E-state index contributed by atoms with van der Waals surface area (Å²) in [7, 11) is 2.06. The molecule has 1 unspecified atom stereocenters. The second-order valence-electron chi connectivity index (χ2n) is 5.41. The maximum absolute atomic E-state index is 6.10. The molecule has 1 fully saturated rings. The van der Waals surface area contributed by atoms with Gasteiger partial charge in [0.2, 0.25) is 0 Å². The molecule has 2 heterocycles. The van der Waals surface area contributed by atoms with E-state index in [1.807, 2.05) is 13.0 Å². The topological polar surface area (TPSA) is 41.5 Å². The van der Waals surface area contributed by atoms with E-state index in [-0.39, 0.29) is 0 Å². The van der Waals surface area contributed by atoms with E-state index >= 15 is 0 Å². The summed E-state index contributed by atoms with van der Waals surface area (Å²) in [6.07, 6.45) is 2.54. The minimum atomic E-state index is 0.405. The highest BCUT2D eigenvalue weighted by Gasteiger charge is 2.24. The van der Waals surface area contributed by atoms with Gasteiger partial charge in [-0.2, -0.15) is 0 Å². The van der Waals surface area contributed by atoms with Crippen LogP contribution in [0.3, 0.4) is 0 Å². The van der Waals surface area contributed by atoms with Crippen molar-refractivity contribution >= 4 is 17.4 Å². The summed E-state index contributed by atoms with van der Waals surface area (Å²) in [5.74, 6) is 1.51. The van der Waals surface area contributed by atoms with Crippen molar-refractivity contribution < 1.29 is 4.74 Å². The highest BCUT2D eigenvalue weighted by Crippen LogP contribution is 2.21. The third-order valence-electron chi connectivity index (χ3n) is 3.94. The number of hydrogen-bond acceptors (Lipinski definition) is 5. The molecule has 1 aliphatic rings. The lowest BCUT2D eigenvalue weighted by molar-refractivity contribution is 0.128. The van der Waals surface area contributed by atoms with Crippen LogP contribution >= 0.6 is 11.6 Å². The molecule has 0 bridgehead atoms. The molecule has 118 valence electrons. The van der Waals surface area contributed by atoms with Crippen molar-refractivity contribution in [1.82, 2.24) is 14.9 Å². The van der Waals surface area contributed by atoms with E-state index in [1.54, 1.807) is 0 Å². The Balaban J connectivity index is 2.04. The van der Waals surface area contributed by atoms with Crippen LogP contribution in [-0.2, 0) is 11.3 Å². The number of likely N-dealkylation sites (N-methyl/N-ethyl adjacent to an activating group) is 2. The molecule has 0 N–H and O–H groups in total. The number of likely N-dealkylation sites (tertiary alicyclic amines) is 1. The second-order valence-corrected chi connectivity index (χ2v) is 5.79. The first-order chi connectivity index (χ1) is 10.1. The number of nitrogens with zero attached hydrogens (tertiary/aromatic N) is 4. The Hall–Kier alpha value is -0.910. The van der Waals surface area contributed by atoms with Gasteiger partial charge in [-0.25, -0.2) is 9.97 Å². The maximum atomic E-state index is 6.10. The zero-order valence-corrected chi connectivity index (χ0v) is 13.9. The summed E-state index contributed by atoms with van der Waals surface area (Å²) in [5, 5.41) is 0.473. The zero-order chi connectivity index (χ0) is 15.2. The molecule has 0 radical (unpaired) electrons. The van der Waals surface area contributed by atoms with Gasteiger partial charge in [-0.15, -0.1) is 0 Å². The van der Waals surface area contributed by atoms with Crippen molar-refractivity contribution in [3.05, 3.63) is 17.0 Å². The van der Waals surface area contributed by atoms with Gasteiger partial charge >= 0.3 is 0 Å². The summed E-state index contributed by atoms with van der Waals surface area (Å²) < 4.78 is 5.37. The molecule has 1 atom stereocenters. The van der Waals surface area contributed by atoms with Gasteiger partial charge in [-0.3, -0.25) is 4.90 Å². The van der Waals surface area contributed by atoms with Crippen LogP contribution < -0.4 is 4.90 Å². The average molecular weight is 313 g/mol. The van der Waals surface area contributed by atoms with Crippen molar-refractivity contribution in [1.29, 1.82) is 0 Å². The summed E-state index contributed by atoms with van der Waals surface area (Å²) >= 11 is 6.10. The standard InChI is InChI=1S/C15H25ClN4O/c1-4-20-8-6-7-12(20)10-19(3)15-9-13(16)17-14(18-15)11-21-5-2/h9,12H,4-8,10-11H2,1-3H3. The fourth-order valence-corrected chi connectivity index (χ4v) is 3.03. The number of rotatable bonds is 7. The van der Waals surface area contributed by atoms with Gasteiger partial charge in [0.25, 0.3) is 0 Å². The van der Waals surface area contributed by atoms with Crippen molar-refractivity contribution in [2.24, 2.45) is 0 Å². The summed E-state index contributed by atoms with van der Waals surface area (Å²) in [6.45, 7) is 8.51. The molecule has 21 heavy (non-hydrogen) atoms. The first-order valence-corrected chi connectivity index (χ1v) is 8.08. The van der Waals surface area contributed by atoms with Crippen molar-refractivity contribution in [3.63, 3.8) is 0 Å². The van der Waals surface area contributed by atoms with Crippen LogP contribution in [0, 0.1) is 0 Å². The molecule has 0 saturated carbocycles. The van der Waals surface area contributed by atoms with Crippen LogP contribution in [0.5, 0.6) is 0 Å². The predicted molar refractivity (Wildman–Crippen MR) is 85.9 cm³/mol. The van der Waals surface area contributed by atoms with E-state index in [0.29, 0.717) is 30.2 Å². The van der Waals surface area contributed by atoms with Crippen LogP contribution in [0.4, 0.5) is 5.82 Å². The zero-order valence-electron chi connectivity index (χ0n) is 13.2. The third-order valence-corrected chi connectivity index (χ3v) is 4.14. The number of aromatic nitrogens is 2. The summed E-state index contributed by atoms with van der Waals surface area (Å²) in [6, 6.07) is 2.42. The molecule has 1 aromatic heterocycles. The Morgan fingerprint density at radius 2 is 2.24 bits per heavy atom. The van der Waals surface area contributed by atoms with Crippen molar-refractivity contribution in [3.8, 4) is 0 Å². The van der Waals surface area contributed by atoms with Gasteiger partial charge in [0, 0.05) is 32.3 Å². The number of halogens is 1. The van der Waals surface area contributed by atoms with Gasteiger partial charge in [-0.05, 0) is 32.9 Å². The van der Waals surface area contributed by atoms with Gasteiger partial charge in [0.1, 0.15) is 17.6 Å². The average Bonchev–Trinajstić information content (AvgIpc) is 2.91. The molecule has 6 heteroatoms. The highest BCUT2D eigenvalue weighted by molar-refractivity contribution is 6.29. The van der Waals surface area contributed by atoms with Gasteiger partial charge in [0.05, 0.1) is 0 Å².